The number of nitrogens with zero attached hydrogens (tertiary/aromatic N) is 2. The summed E-state index contributed by atoms with van der Waals surface area (Å²) in [5.41, 5.74) is -1.13. The Morgan fingerprint density at radius 1 is 1.03 bits per heavy atom. The Labute approximate surface area is 224 Å². The fourth-order valence-electron chi connectivity index (χ4n) is 4.06. The molecule has 0 aliphatic rings. The van der Waals surface area contributed by atoms with E-state index in [2.05, 4.69) is 6.07 Å². The van der Waals surface area contributed by atoms with E-state index in [-0.39, 0.29) is 11.3 Å². The lowest BCUT2D eigenvalue weighted by atomic mass is 10.0. The second-order valence-corrected chi connectivity index (χ2v) is 10.7. The first-order chi connectivity index (χ1) is 18.0. The van der Waals surface area contributed by atoms with Crippen LogP contribution in [0.25, 0.3) is 21.7 Å². The first kappa shape index (κ1) is 27.6. The zero-order chi connectivity index (χ0) is 27.6. The highest BCUT2D eigenvalue weighted by molar-refractivity contribution is 7.99. The normalized spacial score (nSPS) is 11.5. The third-order valence-corrected chi connectivity index (χ3v) is 7.74. The van der Waals surface area contributed by atoms with Gasteiger partial charge in [-0.15, -0.1) is 23.1 Å². The molecule has 0 radical (unpaired) electrons. The van der Waals surface area contributed by atoms with Gasteiger partial charge in [-0.2, -0.15) is 18.4 Å². The van der Waals surface area contributed by atoms with Crippen LogP contribution in [-0.2, 0) is 19.1 Å². The molecule has 0 fully saturated rings. The number of hydrogen-bond acceptors (Lipinski definition) is 4. The number of aryl methyl sites for hydroxylation is 1. The highest BCUT2D eigenvalue weighted by Crippen LogP contribution is 2.38. The van der Waals surface area contributed by atoms with Crippen molar-refractivity contribution < 1.29 is 22.0 Å². The minimum absolute atomic E-state index is 0.105. The largest absolute Gasteiger partial charge is 0.417 e. The van der Waals surface area contributed by atoms with Crippen molar-refractivity contribution in [1.29, 1.82) is 5.26 Å². The number of benzene rings is 2. The van der Waals surface area contributed by atoms with Crippen molar-refractivity contribution in [3.05, 3.63) is 98.2 Å². The Hall–Kier alpha value is -3.42. The van der Waals surface area contributed by atoms with Gasteiger partial charge in [0.1, 0.15) is 23.3 Å². The van der Waals surface area contributed by atoms with Gasteiger partial charge in [0.25, 0.3) is 5.56 Å². The van der Waals surface area contributed by atoms with Crippen LogP contribution in [0.4, 0.5) is 22.0 Å². The van der Waals surface area contributed by atoms with E-state index >= 15 is 0 Å². The minimum Gasteiger partial charge on any atom is -0.302 e. The van der Waals surface area contributed by atoms with Gasteiger partial charge in [0.15, 0.2) is 0 Å². The Bertz CT molecular complexity index is 1600. The first-order valence-corrected chi connectivity index (χ1v) is 13.5. The molecular formula is C28H21F5N2OS2. The Kier molecular flexibility index (Phi) is 8.09. The van der Waals surface area contributed by atoms with Crippen molar-refractivity contribution in [3.63, 3.8) is 0 Å². The SMILES string of the molecule is CCSc1cc(CC)cc(-c2csc(-c3cc(C(F)(F)F)c(C#N)c(=O)n3Cc3ccc(F)cc3F)c2)c1. The minimum atomic E-state index is -4.96. The first-order valence-electron chi connectivity index (χ1n) is 11.6. The Balaban J connectivity index is 1.91. The number of aromatic nitrogens is 1. The second kappa shape index (κ2) is 11.1. The van der Waals surface area contributed by atoms with Crippen LogP contribution in [0, 0.1) is 23.0 Å². The summed E-state index contributed by atoms with van der Waals surface area (Å²) in [5, 5.41) is 11.2. The number of pyridine rings is 1. The van der Waals surface area contributed by atoms with Crippen molar-refractivity contribution >= 4 is 23.1 Å². The van der Waals surface area contributed by atoms with Gasteiger partial charge in [0.05, 0.1) is 22.7 Å². The van der Waals surface area contributed by atoms with Crippen LogP contribution in [0.15, 0.2) is 63.6 Å². The molecule has 196 valence electrons. The van der Waals surface area contributed by atoms with Gasteiger partial charge in [-0.25, -0.2) is 8.78 Å². The predicted octanol–water partition coefficient (Wildman–Crippen LogP) is 8.14. The summed E-state index contributed by atoms with van der Waals surface area (Å²) < 4.78 is 70.4. The molecule has 2 aromatic heterocycles. The van der Waals surface area contributed by atoms with Gasteiger partial charge in [-0.1, -0.05) is 26.0 Å². The average molecular weight is 561 g/mol. The lowest BCUT2D eigenvalue weighted by Crippen LogP contribution is -2.28. The summed E-state index contributed by atoms with van der Waals surface area (Å²) in [5.74, 6) is -0.911. The standard InChI is InChI=1S/C28H21F5N2OS2/c1-3-16-7-18(9-21(8-16)37-4-2)19-10-26(38-15-19)25-12-23(28(31,32)33)22(13-34)27(36)35(25)14-17-5-6-20(29)11-24(17)30/h5-12,15H,3-4,14H2,1-2H3. The zero-order valence-electron chi connectivity index (χ0n) is 20.3. The van der Waals surface area contributed by atoms with E-state index < -0.39 is 41.0 Å². The molecule has 0 bridgehead atoms. The third-order valence-electron chi connectivity index (χ3n) is 5.93. The Morgan fingerprint density at radius 3 is 2.42 bits per heavy atom. The number of hydrogen-bond donors (Lipinski definition) is 0. The van der Waals surface area contributed by atoms with Gasteiger partial charge >= 0.3 is 6.18 Å². The second-order valence-electron chi connectivity index (χ2n) is 8.41. The molecule has 4 rings (SSSR count). The van der Waals surface area contributed by atoms with Crippen LogP contribution in [0.3, 0.4) is 0 Å². The smallest absolute Gasteiger partial charge is 0.302 e. The van der Waals surface area contributed by atoms with Gasteiger partial charge in [0.2, 0.25) is 0 Å². The summed E-state index contributed by atoms with van der Waals surface area (Å²) in [6, 6.07) is 12.6. The molecule has 0 atom stereocenters. The summed E-state index contributed by atoms with van der Waals surface area (Å²) in [6.07, 6.45) is -4.16. The topological polar surface area (TPSA) is 45.8 Å². The van der Waals surface area contributed by atoms with Crippen molar-refractivity contribution in [2.75, 3.05) is 5.75 Å². The van der Waals surface area contributed by atoms with Gasteiger partial charge in [-0.05, 0) is 64.6 Å². The van der Waals surface area contributed by atoms with E-state index in [1.54, 1.807) is 23.2 Å². The summed E-state index contributed by atoms with van der Waals surface area (Å²) >= 11 is 2.81. The Morgan fingerprint density at radius 2 is 1.79 bits per heavy atom. The summed E-state index contributed by atoms with van der Waals surface area (Å²) in [6.45, 7) is 3.59. The zero-order valence-corrected chi connectivity index (χ0v) is 22.0. The number of rotatable bonds is 7. The number of nitriles is 1. The molecule has 4 aromatic rings. The predicted molar refractivity (Wildman–Crippen MR) is 140 cm³/mol. The van der Waals surface area contributed by atoms with Crippen molar-refractivity contribution in [2.24, 2.45) is 0 Å². The summed E-state index contributed by atoms with van der Waals surface area (Å²) in [4.78, 5) is 14.6. The maximum absolute atomic E-state index is 14.5. The number of thiophene rings is 1. The quantitative estimate of drug-likeness (QED) is 0.169. The molecule has 0 saturated carbocycles. The fraction of sp³-hybridized carbons (Fsp3) is 0.214. The molecule has 0 unspecified atom stereocenters. The van der Waals surface area contributed by atoms with Gasteiger partial charge in [-0.3, -0.25) is 4.79 Å². The van der Waals surface area contributed by atoms with Crippen LogP contribution in [-0.4, -0.2) is 10.3 Å². The van der Waals surface area contributed by atoms with E-state index in [0.717, 1.165) is 67.9 Å². The van der Waals surface area contributed by atoms with E-state index in [9.17, 15) is 32.0 Å². The van der Waals surface area contributed by atoms with Crippen molar-refractivity contribution in [1.82, 2.24) is 4.57 Å². The average Bonchev–Trinajstić information content (AvgIpc) is 3.36. The molecule has 0 saturated heterocycles. The summed E-state index contributed by atoms with van der Waals surface area (Å²) in [7, 11) is 0. The number of thioether (sulfide) groups is 1. The van der Waals surface area contributed by atoms with Crippen molar-refractivity contribution in [2.45, 2.75) is 37.9 Å². The lowest BCUT2D eigenvalue weighted by Gasteiger charge is -2.17. The fourth-order valence-corrected chi connectivity index (χ4v) is 5.78. The van der Waals surface area contributed by atoms with Gasteiger partial charge < -0.3 is 4.57 Å². The van der Waals surface area contributed by atoms with Crippen LogP contribution in [0.1, 0.15) is 36.1 Å². The lowest BCUT2D eigenvalue weighted by molar-refractivity contribution is -0.137. The molecule has 3 nitrogen and oxygen atoms in total. The molecule has 2 aromatic carbocycles. The van der Waals surface area contributed by atoms with Crippen LogP contribution in [0.5, 0.6) is 0 Å². The molecule has 0 spiro atoms. The van der Waals surface area contributed by atoms with E-state index in [1.807, 2.05) is 26.0 Å². The van der Waals surface area contributed by atoms with E-state index in [0.29, 0.717) is 10.9 Å². The van der Waals surface area contributed by atoms with Crippen molar-refractivity contribution in [3.8, 4) is 27.8 Å². The maximum Gasteiger partial charge on any atom is 0.417 e. The number of alkyl halides is 3. The highest BCUT2D eigenvalue weighted by Gasteiger charge is 2.36. The molecular weight excluding hydrogens is 539 g/mol. The van der Waals surface area contributed by atoms with Gasteiger partial charge in [0, 0.05) is 16.5 Å². The third kappa shape index (κ3) is 5.69. The highest BCUT2D eigenvalue weighted by atomic mass is 32.2. The molecule has 0 aliphatic carbocycles. The van der Waals surface area contributed by atoms with E-state index in [1.165, 1.54) is 6.07 Å². The van der Waals surface area contributed by atoms with E-state index in [4.69, 9.17) is 0 Å². The molecule has 10 heteroatoms. The molecule has 2 heterocycles. The maximum atomic E-state index is 14.5. The van der Waals surface area contributed by atoms with Crippen LogP contribution >= 0.6 is 23.1 Å². The molecule has 0 amide bonds. The number of halogens is 5. The van der Waals surface area contributed by atoms with Crippen LogP contribution < -0.4 is 5.56 Å². The molecule has 38 heavy (non-hydrogen) atoms. The van der Waals surface area contributed by atoms with Crippen LogP contribution in [0.2, 0.25) is 0 Å². The monoisotopic (exact) mass is 560 g/mol. The molecule has 0 aliphatic heterocycles. The molecule has 0 N–H and O–H groups in total.